The number of pyridine rings is 1. The van der Waals surface area contributed by atoms with E-state index in [-0.39, 0.29) is 19.6 Å². The Bertz CT molecular complexity index is 781. The minimum atomic E-state index is -1.07. The molecule has 23 heavy (non-hydrogen) atoms. The maximum absolute atomic E-state index is 12.1. The lowest BCUT2D eigenvalue weighted by Gasteiger charge is -2.28. The normalized spacial score (nSPS) is 13.7. The van der Waals surface area contributed by atoms with Crippen LogP contribution in [0.5, 0.6) is 0 Å². The van der Waals surface area contributed by atoms with E-state index < -0.39 is 23.1 Å². The van der Waals surface area contributed by atoms with Gasteiger partial charge in [-0.3, -0.25) is 14.0 Å². The van der Waals surface area contributed by atoms with E-state index in [1.807, 2.05) is 0 Å². The van der Waals surface area contributed by atoms with E-state index in [1.165, 1.54) is 11.5 Å². The van der Waals surface area contributed by atoms with Gasteiger partial charge in [0.05, 0.1) is 18.6 Å². The third kappa shape index (κ3) is 3.95. The fourth-order valence-corrected chi connectivity index (χ4v) is 2.37. The van der Waals surface area contributed by atoms with Crippen molar-refractivity contribution in [2.75, 3.05) is 13.7 Å². The Morgan fingerprint density at radius 1 is 1.43 bits per heavy atom. The van der Waals surface area contributed by atoms with Gasteiger partial charge >= 0.3 is 11.7 Å². The maximum atomic E-state index is 12.1. The van der Waals surface area contributed by atoms with E-state index in [0.717, 1.165) is 4.68 Å². The molecule has 0 saturated heterocycles. The lowest BCUT2D eigenvalue weighted by Crippen LogP contribution is -2.52. The topological polar surface area (TPSA) is 115 Å². The fourth-order valence-electron chi connectivity index (χ4n) is 2.37. The predicted molar refractivity (Wildman–Crippen MR) is 80.1 cm³/mol. The van der Waals surface area contributed by atoms with Crippen LogP contribution < -0.4 is 11.0 Å². The van der Waals surface area contributed by atoms with Crippen molar-refractivity contribution in [3.63, 3.8) is 0 Å². The highest BCUT2D eigenvalue weighted by Crippen LogP contribution is 2.10. The minimum absolute atomic E-state index is 0.0328. The number of rotatable bonds is 7. The van der Waals surface area contributed by atoms with Gasteiger partial charge in [-0.2, -0.15) is 0 Å². The Kier molecular flexibility index (Phi) is 4.80. The molecule has 2 aromatic heterocycles. The number of aromatic nitrogens is 3. The molecule has 9 heteroatoms. The molecule has 0 aromatic carbocycles. The molecule has 1 amide bonds. The van der Waals surface area contributed by atoms with Gasteiger partial charge in [0.15, 0.2) is 5.65 Å². The summed E-state index contributed by atoms with van der Waals surface area (Å²) < 4.78 is 7.31. The summed E-state index contributed by atoms with van der Waals surface area (Å²) in [7, 11) is 1.42. The lowest BCUT2D eigenvalue weighted by atomic mass is 9.99. The molecule has 2 aromatic rings. The summed E-state index contributed by atoms with van der Waals surface area (Å²) in [6.45, 7) is 1.29. The Labute approximate surface area is 131 Å². The average Bonchev–Trinajstić information content (AvgIpc) is 2.74. The highest BCUT2D eigenvalue weighted by molar-refractivity contribution is 5.78. The van der Waals surface area contributed by atoms with Crippen molar-refractivity contribution in [1.82, 2.24) is 19.5 Å². The molecule has 1 atom stereocenters. The number of carboxylic acid groups (broad SMARTS) is 1. The van der Waals surface area contributed by atoms with Gasteiger partial charge in [-0.25, -0.2) is 9.48 Å². The molecule has 0 aliphatic carbocycles. The number of aliphatic carboxylic acids is 1. The van der Waals surface area contributed by atoms with E-state index in [9.17, 15) is 14.4 Å². The van der Waals surface area contributed by atoms with Crippen molar-refractivity contribution in [1.29, 1.82) is 0 Å². The second kappa shape index (κ2) is 6.61. The third-order valence-electron chi connectivity index (χ3n) is 3.23. The summed E-state index contributed by atoms with van der Waals surface area (Å²) in [5.74, 6) is -1.58. The predicted octanol–water partition coefficient (Wildman–Crippen LogP) is -0.508. The molecule has 0 radical (unpaired) electrons. The first-order valence-corrected chi connectivity index (χ1v) is 6.90. The smallest absolute Gasteiger partial charge is 0.350 e. The van der Waals surface area contributed by atoms with Crippen LogP contribution >= 0.6 is 0 Å². The zero-order valence-electron chi connectivity index (χ0n) is 12.9. The van der Waals surface area contributed by atoms with Crippen LogP contribution in [0.1, 0.15) is 13.3 Å². The van der Waals surface area contributed by atoms with Crippen LogP contribution in [-0.2, 0) is 20.9 Å². The van der Waals surface area contributed by atoms with E-state index in [2.05, 4.69) is 10.4 Å². The van der Waals surface area contributed by atoms with Gasteiger partial charge in [0, 0.05) is 13.3 Å². The van der Waals surface area contributed by atoms with Crippen LogP contribution in [0.2, 0.25) is 0 Å². The number of carboxylic acids is 1. The molecular formula is C14H18N4O5. The van der Waals surface area contributed by atoms with Crippen LogP contribution in [0.4, 0.5) is 0 Å². The first kappa shape index (κ1) is 16.7. The van der Waals surface area contributed by atoms with Crippen molar-refractivity contribution in [3.05, 3.63) is 34.9 Å². The summed E-state index contributed by atoms with van der Waals surface area (Å²) >= 11 is 0. The number of fused-ring (bicyclic) bond motifs is 1. The van der Waals surface area contributed by atoms with Crippen LogP contribution in [-0.4, -0.2) is 50.4 Å². The zero-order valence-corrected chi connectivity index (χ0v) is 12.9. The largest absolute Gasteiger partial charge is 0.481 e. The lowest BCUT2D eigenvalue weighted by molar-refractivity contribution is -0.139. The zero-order chi connectivity index (χ0) is 17.0. The number of carbonyl (C=O) groups excluding carboxylic acids is 1. The summed E-state index contributed by atoms with van der Waals surface area (Å²) in [6.07, 6.45) is 1.26. The van der Waals surface area contributed by atoms with Gasteiger partial charge in [0.2, 0.25) is 5.91 Å². The molecule has 1 unspecified atom stereocenters. The van der Waals surface area contributed by atoms with Crippen molar-refractivity contribution < 1.29 is 19.4 Å². The molecule has 0 fully saturated rings. The number of amides is 1. The molecule has 9 nitrogen and oxygen atoms in total. The van der Waals surface area contributed by atoms with Crippen LogP contribution in [0, 0.1) is 0 Å². The van der Waals surface area contributed by atoms with Gasteiger partial charge in [-0.05, 0) is 19.1 Å². The van der Waals surface area contributed by atoms with E-state index in [4.69, 9.17) is 9.84 Å². The fraction of sp³-hybridized carbons (Fsp3) is 0.429. The number of methoxy groups -OCH3 is 1. The Balaban J connectivity index is 2.15. The average molecular weight is 322 g/mol. The minimum Gasteiger partial charge on any atom is -0.481 e. The summed E-state index contributed by atoms with van der Waals surface area (Å²) in [6, 6.07) is 5.06. The van der Waals surface area contributed by atoms with Gasteiger partial charge in [-0.15, -0.1) is 5.10 Å². The quantitative estimate of drug-likeness (QED) is 0.709. The highest BCUT2D eigenvalue weighted by atomic mass is 16.5. The molecule has 2 N–H and O–H groups in total. The SMILES string of the molecule is COCC(C)(CC(=O)O)NC(=O)Cn1nc2ccccn2c1=O. The van der Waals surface area contributed by atoms with E-state index in [0.29, 0.717) is 5.65 Å². The second-order valence-electron chi connectivity index (χ2n) is 5.48. The van der Waals surface area contributed by atoms with Gasteiger partial charge in [0.1, 0.15) is 6.54 Å². The van der Waals surface area contributed by atoms with Gasteiger partial charge in [0.25, 0.3) is 0 Å². The molecule has 0 aliphatic heterocycles. The number of ether oxygens (including phenoxy) is 1. The molecular weight excluding hydrogens is 304 g/mol. The Morgan fingerprint density at radius 3 is 2.78 bits per heavy atom. The molecule has 2 heterocycles. The first-order chi connectivity index (χ1) is 10.8. The van der Waals surface area contributed by atoms with Crippen molar-refractivity contribution in [2.45, 2.75) is 25.4 Å². The number of nitrogens with zero attached hydrogens (tertiary/aromatic N) is 3. The van der Waals surface area contributed by atoms with Gasteiger partial charge in [-0.1, -0.05) is 6.07 Å². The monoisotopic (exact) mass is 322 g/mol. The molecule has 0 aliphatic rings. The maximum Gasteiger partial charge on any atom is 0.350 e. The molecule has 0 spiro atoms. The number of hydrogen-bond donors (Lipinski definition) is 2. The van der Waals surface area contributed by atoms with Crippen molar-refractivity contribution in [2.24, 2.45) is 0 Å². The number of nitrogens with one attached hydrogen (secondary N) is 1. The number of hydrogen-bond acceptors (Lipinski definition) is 5. The first-order valence-electron chi connectivity index (χ1n) is 6.90. The molecule has 2 rings (SSSR count). The van der Waals surface area contributed by atoms with Gasteiger partial charge < -0.3 is 15.2 Å². The second-order valence-corrected chi connectivity index (χ2v) is 5.48. The van der Waals surface area contributed by atoms with Crippen LogP contribution in [0.3, 0.4) is 0 Å². The summed E-state index contributed by atoms with van der Waals surface area (Å²) in [5.41, 5.74) is -1.08. The number of carbonyl (C=O) groups is 2. The van der Waals surface area contributed by atoms with Crippen molar-refractivity contribution >= 4 is 17.5 Å². The van der Waals surface area contributed by atoms with Crippen molar-refractivity contribution in [3.8, 4) is 0 Å². The van der Waals surface area contributed by atoms with E-state index >= 15 is 0 Å². The molecule has 0 saturated carbocycles. The molecule has 0 bridgehead atoms. The third-order valence-corrected chi connectivity index (χ3v) is 3.23. The van der Waals surface area contributed by atoms with Crippen LogP contribution in [0.15, 0.2) is 29.2 Å². The van der Waals surface area contributed by atoms with Crippen LogP contribution in [0.25, 0.3) is 5.65 Å². The summed E-state index contributed by atoms with van der Waals surface area (Å²) in [4.78, 5) is 35.2. The molecule has 124 valence electrons. The summed E-state index contributed by atoms with van der Waals surface area (Å²) in [5, 5.41) is 15.6. The standard InChI is InChI=1S/C14H18N4O5/c1-14(9-23-2,7-12(20)21)15-11(19)8-18-13(22)17-6-4-3-5-10(17)16-18/h3-6H,7-9H2,1-2H3,(H,15,19)(H,20,21). The van der Waals surface area contributed by atoms with E-state index in [1.54, 1.807) is 31.3 Å². The Hall–Kier alpha value is -2.68. The highest BCUT2D eigenvalue weighted by Gasteiger charge is 2.29. The Morgan fingerprint density at radius 2 is 2.17 bits per heavy atom.